The van der Waals surface area contributed by atoms with E-state index in [1.54, 1.807) is 0 Å². The Morgan fingerprint density at radius 2 is 1.92 bits per heavy atom. The zero-order valence-electron chi connectivity index (χ0n) is 8.18. The number of carbonyl (C=O) groups is 1. The standard InChI is InChI=1S/C12H14O/c1-8-6-9(2)12-10(7-8)4-3-5-11(12)13/h6-7H,3-5H2,1-2H3. The third-order valence-electron chi connectivity index (χ3n) is 2.69. The van der Waals surface area contributed by atoms with Crippen LogP contribution in [0, 0.1) is 13.8 Å². The summed E-state index contributed by atoms with van der Waals surface area (Å²) in [4.78, 5) is 11.6. The molecule has 0 atom stereocenters. The molecule has 0 aliphatic heterocycles. The fourth-order valence-corrected chi connectivity index (χ4v) is 2.22. The molecule has 0 saturated carbocycles. The Hall–Kier alpha value is -1.11. The number of Topliss-reactive ketones (excluding diaryl/α,β-unsaturated/α-hetero) is 1. The Balaban J connectivity index is 2.63. The predicted molar refractivity (Wildman–Crippen MR) is 53.2 cm³/mol. The van der Waals surface area contributed by atoms with Crippen molar-refractivity contribution in [2.45, 2.75) is 33.1 Å². The van der Waals surface area contributed by atoms with Gasteiger partial charge in [0.1, 0.15) is 0 Å². The first-order valence-corrected chi connectivity index (χ1v) is 4.82. The van der Waals surface area contributed by atoms with Crippen LogP contribution >= 0.6 is 0 Å². The van der Waals surface area contributed by atoms with Crippen LogP contribution in [0.15, 0.2) is 12.1 Å². The van der Waals surface area contributed by atoms with Crippen molar-refractivity contribution >= 4 is 5.78 Å². The monoisotopic (exact) mass is 174 g/mol. The molecule has 0 N–H and O–H groups in total. The number of benzene rings is 1. The number of hydrogen-bond acceptors (Lipinski definition) is 1. The largest absolute Gasteiger partial charge is 0.294 e. The quantitative estimate of drug-likeness (QED) is 0.591. The molecule has 0 saturated heterocycles. The highest BCUT2D eigenvalue weighted by Crippen LogP contribution is 2.25. The fraction of sp³-hybridized carbons (Fsp3) is 0.417. The van der Waals surface area contributed by atoms with Gasteiger partial charge in [-0.2, -0.15) is 0 Å². The molecule has 68 valence electrons. The van der Waals surface area contributed by atoms with Crippen molar-refractivity contribution < 1.29 is 4.79 Å². The van der Waals surface area contributed by atoms with Crippen LogP contribution in [0.4, 0.5) is 0 Å². The third kappa shape index (κ3) is 1.39. The van der Waals surface area contributed by atoms with E-state index in [-0.39, 0.29) is 0 Å². The van der Waals surface area contributed by atoms with Crippen LogP contribution in [0.5, 0.6) is 0 Å². The number of hydrogen-bond donors (Lipinski definition) is 0. The van der Waals surface area contributed by atoms with E-state index in [0.717, 1.165) is 30.4 Å². The molecule has 13 heavy (non-hydrogen) atoms. The second-order valence-electron chi connectivity index (χ2n) is 3.89. The van der Waals surface area contributed by atoms with E-state index in [0.29, 0.717) is 5.78 Å². The molecule has 2 rings (SSSR count). The van der Waals surface area contributed by atoms with Gasteiger partial charge in [0.25, 0.3) is 0 Å². The Morgan fingerprint density at radius 3 is 2.69 bits per heavy atom. The number of fused-ring (bicyclic) bond motifs is 1. The van der Waals surface area contributed by atoms with Gasteiger partial charge in [-0.15, -0.1) is 0 Å². The highest BCUT2D eigenvalue weighted by Gasteiger charge is 2.18. The van der Waals surface area contributed by atoms with Crippen molar-refractivity contribution in [1.82, 2.24) is 0 Å². The summed E-state index contributed by atoms with van der Waals surface area (Å²) in [5.74, 6) is 0.332. The van der Waals surface area contributed by atoms with Gasteiger partial charge in [-0.3, -0.25) is 4.79 Å². The maximum absolute atomic E-state index is 11.6. The first-order valence-electron chi connectivity index (χ1n) is 4.82. The molecule has 0 amide bonds. The smallest absolute Gasteiger partial charge is 0.163 e. The number of carbonyl (C=O) groups excluding carboxylic acids is 1. The summed E-state index contributed by atoms with van der Waals surface area (Å²) in [5, 5.41) is 0. The van der Waals surface area contributed by atoms with Crippen LogP contribution in [0.2, 0.25) is 0 Å². The van der Waals surface area contributed by atoms with Gasteiger partial charge < -0.3 is 0 Å². The predicted octanol–water partition coefficient (Wildman–Crippen LogP) is 2.82. The highest BCUT2D eigenvalue weighted by atomic mass is 16.1. The minimum absolute atomic E-state index is 0.332. The van der Waals surface area contributed by atoms with Crippen LogP contribution in [0.25, 0.3) is 0 Å². The lowest BCUT2D eigenvalue weighted by molar-refractivity contribution is 0.0972. The molecular formula is C12H14O. The Kier molecular flexibility index (Phi) is 1.95. The zero-order chi connectivity index (χ0) is 9.42. The van der Waals surface area contributed by atoms with Crippen molar-refractivity contribution in [3.8, 4) is 0 Å². The molecule has 1 aromatic carbocycles. The molecule has 0 aromatic heterocycles. The van der Waals surface area contributed by atoms with E-state index in [2.05, 4.69) is 19.1 Å². The molecule has 0 spiro atoms. The lowest BCUT2D eigenvalue weighted by Gasteiger charge is -2.17. The van der Waals surface area contributed by atoms with Gasteiger partial charge in [-0.05, 0) is 37.8 Å². The first-order chi connectivity index (χ1) is 6.18. The minimum atomic E-state index is 0.332. The maximum atomic E-state index is 11.6. The van der Waals surface area contributed by atoms with Crippen molar-refractivity contribution in [3.05, 3.63) is 34.4 Å². The minimum Gasteiger partial charge on any atom is -0.294 e. The summed E-state index contributed by atoms with van der Waals surface area (Å²) in [7, 11) is 0. The SMILES string of the molecule is Cc1cc(C)c2c(c1)CCCC2=O. The van der Waals surface area contributed by atoms with Gasteiger partial charge in [0.05, 0.1) is 0 Å². The van der Waals surface area contributed by atoms with Crippen molar-refractivity contribution in [3.63, 3.8) is 0 Å². The number of rotatable bonds is 0. The molecule has 0 heterocycles. The molecule has 0 fully saturated rings. The Labute approximate surface area is 78.8 Å². The summed E-state index contributed by atoms with van der Waals surface area (Å²) in [6.07, 6.45) is 2.83. The van der Waals surface area contributed by atoms with Gasteiger partial charge in [0.15, 0.2) is 5.78 Å². The van der Waals surface area contributed by atoms with Crippen molar-refractivity contribution in [1.29, 1.82) is 0 Å². The van der Waals surface area contributed by atoms with E-state index < -0.39 is 0 Å². The molecule has 1 heteroatoms. The lowest BCUT2D eigenvalue weighted by Crippen LogP contribution is -2.12. The van der Waals surface area contributed by atoms with Crippen LogP contribution < -0.4 is 0 Å². The van der Waals surface area contributed by atoms with E-state index in [9.17, 15) is 4.79 Å². The van der Waals surface area contributed by atoms with Gasteiger partial charge in [-0.1, -0.05) is 17.7 Å². The molecule has 0 unspecified atom stereocenters. The normalized spacial score (nSPS) is 15.7. The molecule has 1 aromatic rings. The fourth-order valence-electron chi connectivity index (χ4n) is 2.22. The molecule has 1 aliphatic carbocycles. The third-order valence-corrected chi connectivity index (χ3v) is 2.69. The molecule has 1 nitrogen and oxygen atoms in total. The van der Waals surface area contributed by atoms with Gasteiger partial charge >= 0.3 is 0 Å². The van der Waals surface area contributed by atoms with E-state index in [4.69, 9.17) is 0 Å². The van der Waals surface area contributed by atoms with E-state index >= 15 is 0 Å². The summed E-state index contributed by atoms with van der Waals surface area (Å²) < 4.78 is 0. The van der Waals surface area contributed by atoms with Crippen LogP contribution in [0.3, 0.4) is 0 Å². The van der Waals surface area contributed by atoms with Gasteiger partial charge in [-0.25, -0.2) is 0 Å². The summed E-state index contributed by atoms with van der Waals surface area (Å²) >= 11 is 0. The van der Waals surface area contributed by atoms with Crippen molar-refractivity contribution in [2.24, 2.45) is 0 Å². The topological polar surface area (TPSA) is 17.1 Å². The average molecular weight is 174 g/mol. The van der Waals surface area contributed by atoms with Crippen LogP contribution in [0.1, 0.15) is 39.9 Å². The van der Waals surface area contributed by atoms with Crippen LogP contribution in [-0.2, 0) is 6.42 Å². The second kappa shape index (κ2) is 2.99. The Bertz CT molecular complexity index is 364. The van der Waals surface area contributed by atoms with E-state index in [1.807, 2.05) is 6.92 Å². The first kappa shape index (κ1) is 8.49. The summed E-state index contributed by atoms with van der Waals surface area (Å²) in [6.45, 7) is 4.13. The van der Waals surface area contributed by atoms with Crippen LogP contribution in [-0.4, -0.2) is 5.78 Å². The molecule has 0 radical (unpaired) electrons. The molecule has 0 bridgehead atoms. The summed E-state index contributed by atoms with van der Waals surface area (Å²) in [5.41, 5.74) is 4.68. The average Bonchev–Trinajstić information content (AvgIpc) is 2.02. The van der Waals surface area contributed by atoms with Gasteiger partial charge in [0, 0.05) is 12.0 Å². The summed E-state index contributed by atoms with van der Waals surface area (Å²) in [6, 6.07) is 4.25. The van der Waals surface area contributed by atoms with Gasteiger partial charge in [0.2, 0.25) is 0 Å². The Morgan fingerprint density at radius 1 is 1.15 bits per heavy atom. The lowest BCUT2D eigenvalue weighted by atomic mass is 9.86. The second-order valence-corrected chi connectivity index (χ2v) is 3.89. The maximum Gasteiger partial charge on any atom is 0.163 e. The van der Waals surface area contributed by atoms with Crippen molar-refractivity contribution in [2.75, 3.05) is 0 Å². The zero-order valence-corrected chi connectivity index (χ0v) is 8.18. The molecular weight excluding hydrogens is 160 g/mol. The van der Waals surface area contributed by atoms with E-state index in [1.165, 1.54) is 11.1 Å². The number of ketones is 1. The number of aryl methyl sites for hydroxylation is 3. The molecule has 1 aliphatic rings. The highest BCUT2D eigenvalue weighted by molar-refractivity contribution is 5.99.